The van der Waals surface area contributed by atoms with Gasteiger partial charge in [0, 0.05) is 11.6 Å². The molecule has 1 heterocycles. The smallest absolute Gasteiger partial charge is 0.238 e. The molecule has 2 aromatic rings. The van der Waals surface area contributed by atoms with Gasteiger partial charge in [0.25, 0.3) is 0 Å². The Morgan fingerprint density at radius 2 is 1.85 bits per heavy atom. The van der Waals surface area contributed by atoms with Gasteiger partial charge in [-0.05, 0) is 24.0 Å². The van der Waals surface area contributed by atoms with Crippen molar-refractivity contribution in [2.24, 2.45) is 5.92 Å². The normalized spacial score (nSPS) is 19.5. The molecule has 3 N–H and O–H groups in total. The zero-order valence-corrected chi connectivity index (χ0v) is 15.4. The summed E-state index contributed by atoms with van der Waals surface area (Å²) in [5, 5.41) is 2.95. The maximum absolute atomic E-state index is 12.2. The van der Waals surface area contributed by atoms with Crippen LogP contribution >= 0.6 is 0 Å². The fraction of sp³-hybridized carbons (Fsp3) is 0.381. The van der Waals surface area contributed by atoms with Crippen LogP contribution in [0.2, 0.25) is 0 Å². The van der Waals surface area contributed by atoms with E-state index in [1.54, 1.807) is 0 Å². The lowest BCUT2D eigenvalue weighted by molar-refractivity contribution is -0.123. The third-order valence-corrected chi connectivity index (χ3v) is 4.68. The summed E-state index contributed by atoms with van der Waals surface area (Å²) in [6.45, 7) is 5.21. The molecule has 138 valence electrons. The van der Waals surface area contributed by atoms with E-state index in [9.17, 15) is 4.79 Å². The number of nitrogens with one attached hydrogen (secondary N) is 3. The SMILES string of the molecule is CC(C)C1CC(C(=O)NCCOc2ccccc2-c2ccccc2)NN1. The lowest BCUT2D eigenvalue weighted by Crippen LogP contribution is -2.44. The van der Waals surface area contributed by atoms with Crippen LogP contribution in [0.5, 0.6) is 5.75 Å². The number of amides is 1. The molecule has 1 aliphatic rings. The molecule has 1 fully saturated rings. The van der Waals surface area contributed by atoms with Crippen molar-refractivity contribution < 1.29 is 9.53 Å². The first-order chi connectivity index (χ1) is 12.6. The maximum atomic E-state index is 12.2. The van der Waals surface area contributed by atoms with Crippen molar-refractivity contribution in [2.75, 3.05) is 13.2 Å². The molecule has 0 aliphatic carbocycles. The van der Waals surface area contributed by atoms with E-state index >= 15 is 0 Å². The predicted molar refractivity (Wildman–Crippen MR) is 104 cm³/mol. The highest BCUT2D eigenvalue weighted by Crippen LogP contribution is 2.29. The van der Waals surface area contributed by atoms with Crippen molar-refractivity contribution in [3.63, 3.8) is 0 Å². The molecule has 26 heavy (non-hydrogen) atoms. The molecular weight excluding hydrogens is 326 g/mol. The number of benzene rings is 2. The van der Waals surface area contributed by atoms with E-state index in [0.29, 0.717) is 25.1 Å². The van der Waals surface area contributed by atoms with Gasteiger partial charge in [0.15, 0.2) is 0 Å². The van der Waals surface area contributed by atoms with Crippen LogP contribution in [0.4, 0.5) is 0 Å². The summed E-state index contributed by atoms with van der Waals surface area (Å²) in [5.41, 5.74) is 8.44. The number of rotatable bonds is 7. The highest BCUT2D eigenvalue weighted by molar-refractivity contribution is 5.82. The minimum Gasteiger partial charge on any atom is -0.491 e. The van der Waals surface area contributed by atoms with E-state index in [4.69, 9.17) is 4.74 Å². The van der Waals surface area contributed by atoms with Gasteiger partial charge in [-0.3, -0.25) is 10.2 Å². The van der Waals surface area contributed by atoms with Crippen molar-refractivity contribution in [2.45, 2.75) is 32.4 Å². The van der Waals surface area contributed by atoms with Crippen LogP contribution in [0.3, 0.4) is 0 Å². The molecule has 1 saturated heterocycles. The highest BCUT2D eigenvalue weighted by Gasteiger charge is 2.30. The molecule has 0 saturated carbocycles. The predicted octanol–water partition coefficient (Wildman–Crippen LogP) is 2.74. The van der Waals surface area contributed by atoms with Gasteiger partial charge in [0.05, 0.1) is 6.54 Å². The van der Waals surface area contributed by atoms with Crippen LogP contribution in [-0.2, 0) is 4.79 Å². The summed E-state index contributed by atoms with van der Waals surface area (Å²) in [6, 6.07) is 18.3. The summed E-state index contributed by atoms with van der Waals surface area (Å²) in [5.74, 6) is 1.34. The second-order valence-electron chi connectivity index (χ2n) is 6.93. The first kappa shape index (κ1) is 18.4. The fourth-order valence-electron chi connectivity index (χ4n) is 3.10. The van der Waals surface area contributed by atoms with Crippen molar-refractivity contribution in [3.8, 4) is 16.9 Å². The van der Waals surface area contributed by atoms with Crippen molar-refractivity contribution >= 4 is 5.91 Å². The lowest BCUT2D eigenvalue weighted by Gasteiger charge is -2.14. The third-order valence-electron chi connectivity index (χ3n) is 4.68. The molecule has 0 aromatic heterocycles. The molecule has 2 unspecified atom stereocenters. The summed E-state index contributed by atoms with van der Waals surface area (Å²) in [7, 11) is 0. The fourth-order valence-corrected chi connectivity index (χ4v) is 3.10. The van der Waals surface area contributed by atoms with Gasteiger partial charge in [-0.15, -0.1) is 0 Å². The second kappa shape index (κ2) is 8.83. The average molecular weight is 353 g/mol. The maximum Gasteiger partial charge on any atom is 0.238 e. The highest BCUT2D eigenvalue weighted by atomic mass is 16.5. The minimum atomic E-state index is -0.181. The number of carbonyl (C=O) groups is 1. The van der Waals surface area contributed by atoms with E-state index in [1.165, 1.54) is 0 Å². The zero-order chi connectivity index (χ0) is 18.4. The molecule has 0 spiro atoms. The van der Waals surface area contributed by atoms with E-state index in [2.05, 4.69) is 42.1 Å². The Hall–Kier alpha value is -2.37. The topological polar surface area (TPSA) is 62.4 Å². The largest absolute Gasteiger partial charge is 0.491 e. The zero-order valence-electron chi connectivity index (χ0n) is 15.4. The first-order valence-electron chi connectivity index (χ1n) is 9.21. The Morgan fingerprint density at radius 3 is 2.58 bits per heavy atom. The van der Waals surface area contributed by atoms with Gasteiger partial charge in [-0.2, -0.15) is 0 Å². The molecular formula is C21H27N3O2. The Bertz CT molecular complexity index is 718. The molecule has 2 atom stereocenters. The quantitative estimate of drug-likeness (QED) is 0.670. The third kappa shape index (κ3) is 4.62. The molecule has 0 bridgehead atoms. The van der Waals surface area contributed by atoms with Crippen LogP contribution in [-0.4, -0.2) is 31.1 Å². The van der Waals surface area contributed by atoms with Crippen LogP contribution in [0.15, 0.2) is 54.6 Å². The van der Waals surface area contributed by atoms with Gasteiger partial charge in [0.1, 0.15) is 18.4 Å². The number of hydrogen-bond donors (Lipinski definition) is 3. The molecule has 5 heteroatoms. The van der Waals surface area contributed by atoms with E-state index in [-0.39, 0.29) is 11.9 Å². The number of hydrogen-bond acceptors (Lipinski definition) is 4. The van der Waals surface area contributed by atoms with Gasteiger partial charge < -0.3 is 10.1 Å². The number of carbonyl (C=O) groups excluding carboxylic acids is 1. The summed E-state index contributed by atoms with van der Waals surface area (Å²) in [6.07, 6.45) is 0.807. The Morgan fingerprint density at radius 1 is 1.12 bits per heavy atom. The van der Waals surface area contributed by atoms with Crippen molar-refractivity contribution in [1.82, 2.24) is 16.2 Å². The van der Waals surface area contributed by atoms with Gasteiger partial charge in [0.2, 0.25) is 5.91 Å². The van der Waals surface area contributed by atoms with E-state index < -0.39 is 0 Å². The van der Waals surface area contributed by atoms with E-state index in [0.717, 1.165) is 23.3 Å². The van der Waals surface area contributed by atoms with Gasteiger partial charge in [-0.1, -0.05) is 62.4 Å². The molecule has 0 radical (unpaired) electrons. The van der Waals surface area contributed by atoms with Crippen LogP contribution in [0.25, 0.3) is 11.1 Å². The molecule has 5 nitrogen and oxygen atoms in total. The molecule has 1 aliphatic heterocycles. The first-order valence-corrected chi connectivity index (χ1v) is 9.21. The number of para-hydroxylation sites is 1. The standard InChI is InChI=1S/C21H27N3O2/c1-15(2)18-14-19(24-23-18)21(25)22-12-13-26-20-11-7-6-10-17(20)16-8-4-3-5-9-16/h3-11,15,18-19,23-24H,12-14H2,1-2H3,(H,22,25). The average Bonchev–Trinajstić information content (AvgIpc) is 3.17. The molecule has 2 aromatic carbocycles. The van der Waals surface area contributed by atoms with Gasteiger partial charge >= 0.3 is 0 Å². The van der Waals surface area contributed by atoms with E-state index in [1.807, 2.05) is 42.5 Å². The summed E-state index contributed by atoms with van der Waals surface area (Å²) in [4.78, 5) is 12.2. The lowest BCUT2D eigenvalue weighted by atomic mass is 9.99. The number of hydrazine groups is 1. The van der Waals surface area contributed by atoms with Crippen molar-refractivity contribution in [1.29, 1.82) is 0 Å². The summed E-state index contributed by atoms with van der Waals surface area (Å²) >= 11 is 0. The Balaban J connectivity index is 1.48. The minimum absolute atomic E-state index is 0.0144. The second-order valence-corrected chi connectivity index (χ2v) is 6.93. The van der Waals surface area contributed by atoms with Crippen LogP contribution in [0, 0.1) is 5.92 Å². The molecule has 1 amide bonds. The van der Waals surface area contributed by atoms with Crippen molar-refractivity contribution in [3.05, 3.63) is 54.6 Å². The Labute approximate surface area is 155 Å². The van der Waals surface area contributed by atoms with Gasteiger partial charge in [-0.25, -0.2) is 5.43 Å². The van der Waals surface area contributed by atoms with Crippen LogP contribution in [0.1, 0.15) is 20.3 Å². The monoisotopic (exact) mass is 353 g/mol. The van der Waals surface area contributed by atoms with Crippen LogP contribution < -0.4 is 20.9 Å². The molecule has 3 rings (SSSR count). The summed E-state index contributed by atoms with van der Waals surface area (Å²) < 4.78 is 5.91. The Kier molecular flexibility index (Phi) is 6.26. The number of ether oxygens (including phenoxy) is 1.